The number of aromatic nitrogens is 3. The van der Waals surface area contributed by atoms with E-state index < -0.39 is 24.4 Å². The van der Waals surface area contributed by atoms with Gasteiger partial charge < -0.3 is 25.0 Å². The zero-order valence-corrected chi connectivity index (χ0v) is 12.0. The number of aryl methyl sites for hydroxylation is 1. The highest BCUT2D eigenvalue weighted by molar-refractivity contribution is 7.71. The molecule has 0 aromatic carbocycles. The molecule has 1 saturated heterocycles. The molecule has 7 nitrogen and oxygen atoms in total. The number of rotatable bonds is 2. The fraction of sp³-hybridized carbons (Fsp3) is 0.462. The minimum absolute atomic E-state index is 0.357. The summed E-state index contributed by atoms with van der Waals surface area (Å²) in [5, 5.41) is 29.1. The molecule has 4 N–H and O–H groups in total. The van der Waals surface area contributed by atoms with Crippen molar-refractivity contribution in [3.63, 3.8) is 0 Å². The summed E-state index contributed by atoms with van der Waals surface area (Å²) in [6.45, 7) is 1.44. The first-order valence-corrected chi connectivity index (χ1v) is 6.91. The summed E-state index contributed by atoms with van der Waals surface area (Å²) in [6.07, 6.45) is -2.34. The monoisotopic (exact) mass is 309 g/mol. The number of H-pyrrole nitrogens is 1. The van der Waals surface area contributed by atoms with Gasteiger partial charge in [0, 0.05) is 5.56 Å². The molecule has 0 spiro atoms. The lowest BCUT2D eigenvalue weighted by Crippen LogP contribution is -2.32. The fourth-order valence-corrected chi connectivity index (χ4v) is 2.73. The molecule has 0 saturated carbocycles. The molecule has 21 heavy (non-hydrogen) atoms. The molecule has 2 aromatic rings. The molecule has 1 aliphatic heterocycles. The summed E-state index contributed by atoms with van der Waals surface area (Å²) in [5.41, 5.74) is 2.40. The van der Waals surface area contributed by atoms with Crippen molar-refractivity contribution in [1.29, 1.82) is 0 Å². The normalized spacial score (nSPS) is 29.1. The van der Waals surface area contributed by atoms with Crippen molar-refractivity contribution in [2.45, 2.75) is 31.3 Å². The quantitative estimate of drug-likeness (QED) is 0.584. The lowest BCUT2D eigenvalue weighted by Gasteiger charge is -2.15. The molecular weight excluding hydrogens is 294 g/mol. The molecule has 112 valence electrons. The summed E-state index contributed by atoms with van der Waals surface area (Å²) in [7, 11) is 0. The molecule has 1 aliphatic rings. The lowest BCUT2D eigenvalue weighted by atomic mass is 10.0. The Balaban J connectivity index is 2.08. The van der Waals surface area contributed by atoms with E-state index in [2.05, 4.69) is 15.0 Å². The van der Waals surface area contributed by atoms with Crippen LogP contribution in [0.15, 0.2) is 12.3 Å². The van der Waals surface area contributed by atoms with Crippen LogP contribution in [0.25, 0.3) is 11.2 Å². The molecule has 0 radical (unpaired) electrons. The summed E-state index contributed by atoms with van der Waals surface area (Å²) in [6, 6.07) is 1.69. The predicted molar refractivity (Wildman–Crippen MR) is 76.2 cm³/mol. The minimum atomic E-state index is -1.16. The molecule has 8 heteroatoms. The van der Waals surface area contributed by atoms with Gasteiger partial charge in [0.05, 0.1) is 18.5 Å². The second kappa shape index (κ2) is 5.39. The summed E-state index contributed by atoms with van der Waals surface area (Å²) >= 11 is 5.26. The molecule has 1 unspecified atom stereocenters. The van der Waals surface area contributed by atoms with Gasteiger partial charge >= 0.3 is 0 Å². The first kappa shape index (κ1) is 14.5. The highest BCUT2D eigenvalue weighted by Crippen LogP contribution is 2.34. The van der Waals surface area contributed by atoms with Crippen LogP contribution in [-0.2, 0) is 4.74 Å². The van der Waals surface area contributed by atoms with E-state index in [0.29, 0.717) is 21.4 Å². The Morgan fingerprint density at radius 1 is 1.38 bits per heavy atom. The van der Waals surface area contributed by atoms with E-state index in [1.54, 1.807) is 12.3 Å². The number of hydrogen-bond donors (Lipinski definition) is 4. The van der Waals surface area contributed by atoms with Gasteiger partial charge in [0.15, 0.2) is 5.65 Å². The van der Waals surface area contributed by atoms with Gasteiger partial charge in [-0.05, 0) is 13.0 Å². The third kappa shape index (κ3) is 2.45. The number of nitrogens with zero attached hydrogens (tertiary/aromatic N) is 2. The van der Waals surface area contributed by atoms with Crippen LogP contribution in [-0.4, -0.2) is 55.2 Å². The number of pyridine rings is 1. The van der Waals surface area contributed by atoms with Gasteiger partial charge in [-0.25, -0.2) is 9.97 Å². The number of fused-ring (bicyclic) bond motifs is 1. The fourth-order valence-electron chi connectivity index (χ4n) is 2.45. The average Bonchev–Trinajstić information content (AvgIpc) is 2.75. The Morgan fingerprint density at radius 3 is 2.81 bits per heavy atom. The van der Waals surface area contributed by atoms with Crippen LogP contribution < -0.4 is 0 Å². The first-order chi connectivity index (χ1) is 10.0. The number of hydrogen-bond acceptors (Lipinski definition) is 7. The van der Waals surface area contributed by atoms with E-state index in [1.165, 1.54) is 0 Å². The molecule has 0 bridgehead atoms. The highest BCUT2D eigenvalue weighted by atomic mass is 32.1. The SMILES string of the molecule is Cc1cnc2[nH]c(=S)c([C@@H]3O[C@H](CO)[C@H](O)C3O)cc2n1. The van der Waals surface area contributed by atoms with Gasteiger partial charge in [0.2, 0.25) is 0 Å². The van der Waals surface area contributed by atoms with Crippen molar-refractivity contribution in [2.24, 2.45) is 0 Å². The Labute approximate surface area is 125 Å². The Kier molecular flexibility index (Phi) is 3.72. The number of ether oxygens (including phenoxy) is 1. The van der Waals surface area contributed by atoms with Crippen LogP contribution in [0.5, 0.6) is 0 Å². The second-order valence-corrected chi connectivity index (χ2v) is 5.47. The molecule has 0 aliphatic carbocycles. The molecule has 2 aromatic heterocycles. The average molecular weight is 309 g/mol. The molecule has 0 amide bonds. The zero-order chi connectivity index (χ0) is 15.1. The Hall–Kier alpha value is -1.45. The zero-order valence-electron chi connectivity index (χ0n) is 11.2. The van der Waals surface area contributed by atoms with E-state index in [4.69, 9.17) is 22.1 Å². The third-order valence-corrected chi connectivity index (χ3v) is 3.89. The highest BCUT2D eigenvalue weighted by Gasteiger charge is 2.43. The second-order valence-electron chi connectivity index (χ2n) is 5.06. The topological polar surface area (TPSA) is 111 Å². The van der Waals surface area contributed by atoms with Gasteiger partial charge in [0.25, 0.3) is 0 Å². The minimum Gasteiger partial charge on any atom is -0.394 e. The number of nitrogens with one attached hydrogen (secondary N) is 1. The maximum Gasteiger partial charge on any atom is 0.157 e. The van der Waals surface area contributed by atoms with Crippen LogP contribution in [0.4, 0.5) is 0 Å². The van der Waals surface area contributed by atoms with Crippen molar-refractivity contribution in [2.75, 3.05) is 6.61 Å². The molecule has 1 fully saturated rings. The molecular formula is C13H15N3O4S. The maximum absolute atomic E-state index is 10.1. The molecule has 4 atom stereocenters. The van der Waals surface area contributed by atoms with E-state index in [9.17, 15) is 10.2 Å². The van der Waals surface area contributed by atoms with E-state index in [-0.39, 0.29) is 6.61 Å². The van der Waals surface area contributed by atoms with Gasteiger partial charge in [0.1, 0.15) is 34.6 Å². The van der Waals surface area contributed by atoms with Crippen molar-refractivity contribution in [3.8, 4) is 0 Å². The van der Waals surface area contributed by atoms with E-state index >= 15 is 0 Å². The van der Waals surface area contributed by atoms with Crippen LogP contribution in [0, 0.1) is 11.6 Å². The van der Waals surface area contributed by atoms with Gasteiger partial charge in [-0.2, -0.15) is 0 Å². The largest absolute Gasteiger partial charge is 0.394 e. The third-order valence-electron chi connectivity index (χ3n) is 3.56. The Morgan fingerprint density at radius 2 is 2.14 bits per heavy atom. The summed E-state index contributed by atoms with van der Waals surface area (Å²) in [4.78, 5) is 11.5. The van der Waals surface area contributed by atoms with Gasteiger partial charge in [-0.3, -0.25) is 0 Å². The molecule has 3 heterocycles. The van der Waals surface area contributed by atoms with Crippen LogP contribution in [0.1, 0.15) is 17.4 Å². The summed E-state index contributed by atoms with van der Waals surface area (Å²) < 4.78 is 5.85. The van der Waals surface area contributed by atoms with Gasteiger partial charge in [-0.1, -0.05) is 12.2 Å². The number of aromatic amines is 1. The van der Waals surface area contributed by atoms with E-state index in [1.807, 2.05) is 6.92 Å². The lowest BCUT2D eigenvalue weighted by molar-refractivity contribution is -0.0229. The predicted octanol–water partition coefficient (Wildman–Crippen LogP) is 0.150. The van der Waals surface area contributed by atoms with Crippen LogP contribution in [0.3, 0.4) is 0 Å². The van der Waals surface area contributed by atoms with Crippen molar-refractivity contribution in [3.05, 3.63) is 28.2 Å². The van der Waals surface area contributed by atoms with Crippen LogP contribution >= 0.6 is 12.2 Å². The molecule has 3 rings (SSSR count). The van der Waals surface area contributed by atoms with Crippen molar-refractivity contribution in [1.82, 2.24) is 15.0 Å². The number of aliphatic hydroxyl groups excluding tert-OH is 3. The smallest absolute Gasteiger partial charge is 0.157 e. The van der Waals surface area contributed by atoms with E-state index in [0.717, 1.165) is 5.69 Å². The summed E-state index contributed by atoms with van der Waals surface area (Å²) in [5.74, 6) is 0. The number of aliphatic hydroxyl groups is 3. The standard InChI is InChI=1S/C13H15N3O4S/c1-5-3-14-12-7(15-5)2-6(13(21)16-12)11-10(19)9(18)8(4-17)20-11/h2-3,8-11,17-19H,4H2,1H3,(H,14,16,21)/t8-,9+,10?,11+/m1/s1. The Bertz CT molecular complexity index is 735. The van der Waals surface area contributed by atoms with Gasteiger partial charge in [-0.15, -0.1) is 0 Å². The van der Waals surface area contributed by atoms with Crippen molar-refractivity contribution < 1.29 is 20.1 Å². The van der Waals surface area contributed by atoms with Crippen molar-refractivity contribution >= 4 is 23.4 Å². The maximum atomic E-state index is 10.1. The van der Waals surface area contributed by atoms with Crippen LogP contribution in [0.2, 0.25) is 0 Å². The first-order valence-electron chi connectivity index (χ1n) is 6.50.